The molecule has 0 saturated carbocycles. The quantitative estimate of drug-likeness (QED) is 0.353. The van der Waals surface area contributed by atoms with Crippen LogP contribution < -0.4 is 0 Å². The van der Waals surface area contributed by atoms with Crippen LogP contribution in [0.25, 0.3) is 0 Å². The van der Waals surface area contributed by atoms with Crippen LogP contribution in [0.1, 0.15) is 45.4 Å². The van der Waals surface area contributed by atoms with Crippen LogP contribution in [0.4, 0.5) is 0 Å². The molecule has 0 heterocycles. The van der Waals surface area contributed by atoms with Gasteiger partial charge in [0.15, 0.2) is 0 Å². The van der Waals surface area contributed by atoms with Gasteiger partial charge in [0.05, 0.1) is 19.4 Å². The molecule has 0 unspecified atom stereocenters. The lowest BCUT2D eigenvalue weighted by atomic mass is 10.2. The highest BCUT2D eigenvalue weighted by Gasteiger charge is 2.10. The van der Waals surface area contributed by atoms with Gasteiger partial charge in [-0.1, -0.05) is 26.2 Å². The number of alkyl halides is 2. The molecule has 0 saturated heterocycles. The Morgan fingerprint density at radius 1 is 1.00 bits per heavy atom. The molecule has 18 heavy (non-hydrogen) atoms. The van der Waals surface area contributed by atoms with Crippen LogP contribution in [0.3, 0.4) is 0 Å². The maximum atomic E-state index is 11.2. The molecule has 106 valence electrons. The molecule has 6 heteroatoms. The zero-order valence-corrected chi connectivity index (χ0v) is 12.1. The van der Waals surface area contributed by atoms with E-state index in [2.05, 4.69) is 6.92 Å². The highest BCUT2D eigenvalue weighted by atomic mass is 35.5. The standard InChI is InChI=1S/C12H20Cl2O4/c1-2-3-4-5-8-17-11(15)6-7-12(16)18-9-10(13)14/h10H,2-9H2,1H3. The van der Waals surface area contributed by atoms with E-state index in [4.69, 9.17) is 32.7 Å². The minimum absolute atomic E-state index is 0.00566. The summed E-state index contributed by atoms with van der Waals surface area (Å²) in [4.78, 5) is 21.6. The van der Waals surface area contributed by atoms with Gasteiger partial charge in [0, 0.05) is 0 Å². The number of halogens is 2. The van der Waals surface area contributed by atoms with Crippen molar-refractivity contribution < 1.29 is 19.1 Å². The molecule has 0 aromatic rings. The lowest BCUT2D eigenvalue weighted by molar-refractivity contribution is -0.150. The molecule has 0 radical (unpaired) electrons. The van der Waals surface area contributed by atoms with Crippen LogP contribution in [-0.4, -0.2) is 30.0 Å². The molecule has 0 aliphatic carbocycles. The third kappa shape index (κ3) is 12.0. The number of carbonyl (C=O) groups is 2. The van der Waals surface area contributed by atoms with Crippen molar-refractivity contribution in [2.24, 2.45) is 0 Å². The molecular weight excluding hydrogens is 279 g/mol. The second-order valence-corrected chi connectivity index (χ2v) is 5.13. The van der Waals surface area contributed by atoms with Crippen LogP contribution in [0.2, 0.25) is 0 Å². The number of rotatable bonds is 10. The summed E-state index contributed by atoms with van der Waals surface area (Å²) in [5, 5.41) is 0. The van der Waals surface area contributed by atoms with E-state index < -0.39 is 10.8 Å². The highest BCUT2D eigenvalue weighted by Crippen LogP contribution is 2.04. The first-order chi connectivity index (χ1) is 8.56. The molecule has 0 aliphatic heterocycles. The zero-order chi connectivity index (χ0) is 13.8. The maximum Gasteiger partial charge on any atom is 0.306 e. The Morgan fingerprint density at radius 2 is 1.61 bits per heavy atom. The summed E-state index contributed by atoms with van der Waals surface area (Å²) in [5.41, 5.74) is 0. The third-order valence-corrected chi connectivity index (χ3v) is 2.42. The van der Waals surface area contributed by atoms with Crippen molar-refractivity contribution in [1.82, 2.24) is 0 Å². The predicted octanol–water partition coefficient (Wildman–Crippen LogP) is 3.24. The maximum absolute atomic E-state index is 11.2. The molecule has 0 spiro atoms. The molecule has 0 bridgehead atoms. The molecule has 0 rings (SSSR count). The molecule has 0 aromatic carbocycles. The normalized spacial score (nSPS) is 10.4. The Labute approximate surface area is 118 Å². The largest absolute Gasteiger partial charge is 0.466 e. The predicted molar refractivity (Wildman–Crippen MR) is 70.8 cm³/mol. The van der Waals surface area contributed by atoms with Crippen molar-refractivity contribution in [3.05, 3.63) is 0 Å². The number of hydrogen-bond donors (Lipinski definition) is 0. The summed E-state index contributed by atoms with van der Waals surface area (Å²) in [5.74, 6) is -0.874. The van der Waals surface area contributed by atoms with Crippen LogP contribution in [-0.2, 0) is 19.1 Å². The summed E-state index contributed by atoms with van der Waals surface area (Å²) in [6.45, 7) is 2.47. The first kappa shape index (κ1) is 17.5. The van der Waals surface area contributed by atoms with Gasteiger partial charge < -0.3 is 9.47 Å². The van der Waals surface area contributed by atoms with Crippen molar-refractivity contribution in [2.75, 3.05) is 13.2 Å². The monoisotopic (exact) mass is 298 g/mol. The van der Waals surface area contributed by atoms with Gasteiger partial charge in [-0.3, -0.25) is 9.59 Å². The van der Waals surface area contributed by atoms with Crippen LogP contribution >= 0.6 is 23.2 Å². The third-order valence-electron chi connectivity index (χ3n) is 2.16. The fourth-order valence-corrected chi connectivity index (χ4v) is 1.35. The fraction of sp³-hybridized carbons (Fsp3) is 0.833. The minimum Gasteiger partial charge on any atom is -0.466 e. The van der Waals surface area contributed by atoms with E-state index >= 15 is 0 Å². The first-order valence-corrected chi connectivity index (χ1v) is 7.03. The smallest absolute Gasteiger partial charge is 0.306 e. The van der Waals surface area contributed by atoms with E-state index in [1.807, 2.05) is 0 Å². The second kappa shape index (κ2) is 11.6. The zero-order valence-electron chi connectivity index (χ0n) is 10.6. The van der Waals surface area contributed by atoms with Gasteiger partial charge in [0.25, 0.3) is 0 Å². The average molecular weight is 299 g/mol. The molecule has 0 atom stereocenters. The molecule has 0 fully saturated rings. The van der Waals surface area contributed by atoms with Crippen molar-refractivity contribution >= 4 is 35.1 Å². The number of esters is 2. The summed E-state index contributed by atoms with van der Waals surface area (Å²) in [6.07, 6.45) is 4.23. The minimum atomic E-state index is -0.737. The molecule has 0 aliphatic rings. The van der Waals surface area contributed by atoms with Crippen LogP contribution in [0, 0.1) is 0 Å². The van der Waals surface area contributed by atoms with Gasteiger partial charge in [-0.2, -0.15) is 0 Å². The average Bonchev–Trinajstić information content (AvgIpc) is 2.33. The Kier molecular flexibility index (Phi) is 11.3. The van der Waals surface area contributed by atoms with Crippen molar-refractivity contribution in [1.29, 1.82) is 0 Å². The van der Waals surface area contributed by atoms with Crippen LogP contribution in [0.5, 0.6) is 0 Å². The summed E-state index contributed by atoms with van der Waals surface area (Å²) in [7, 11) is 0. The molecule has 0 N–H and O–H groups in total. The Morgan fingerprint density at radius 3 is 2.17 bits per heavy atom. The van der Waals surface area contributed by atoms with Gasteiger partial charge >= 0.3 is 11.9 Å². The van der Waals surface area contributed by atoms with E-state index in [1.165, 1.54) is 0 Å². The van der Waals surface area contributed by atoms with E-state index in [1.54, 1.807) is 0 Å². The topological polar surface area (TPSA) is 52.6 Å². The van der Waals surface area contributed by atoms with E-state index in [-0.39, 0.29) is 25.4 Å². The SMILES string of the molecule is CCCCCCOC(=O)CCC(=O)OCC(Cl)Cl. The van der Waals surface area contributed by atoms with Gasteiger partial charge in [-0.05, 0) is 6.42 Å². The van der Waals surface area contributed by atoms with Gasteiger partial charge in [0.2, 0.25) is 0 Å². The van der Waals surface area contributed by atoms with E-state index in [0.717, 1.165) is 25.7 Å². The lowest BCUT2D eigenvalue weighted by Crippen LogP contribution is -2.13. The highest BCUT2D eigenvalue weighted by molar-refractivity contribution is 6.44. The van der Waals surface area contributed by atoms with E-state index in [0.29, 0.717) is 6.61 Å². The van der Waals surface area contributed by atoms with Gasteiger partial charge in [-0.25, -0.2) is 0 Å². The number of unbranched alkanes of at least 4 members (excludes halogenated alkanes) is 3. The Hall–Kier alpha value is -0.480. The lowest BCUT2D eigenvalue weighted by Gasteiger charge is -2.06. The first-order valence-electron chi connectivity index (χ1n) is 6.15. The number of ether oxygens (including phenoxy) is 2. The second-order valence-electron chi connectivity index (χ2n) is 3.86. The fourth-order valence-electron chi connectivity index (χ4n) is 1.22. The summed E-state index contributed by atoms with van der Waals surface area (Å²) >= 11 is 10.8. The summed E-state index contributed by atoms with van der Waals surface area (Å²) < 4.78 is 9.67. The number of hydrogen-bond acceptors (Lipinski definition) is 4. The molecular formula is C12H20Cl2O4. The van der Waals surface area contributed by atoms with Gasteiger partial charge in [0.1, 0.15) is 11.4 Å². The molecule has 0 amide bonds. The van der Waals surface area contributed by atoms with Crippen molar-refractivity contribution in [3.8, 4) is 0 Å². The molecule has 0 aromatic heterocycles. The van der Waals surface area contributed by atoms with E-state index in [9.17, 15) is 9.59 Å². The van der Waals surface area contributed by atoms with Crippen molar-refractivity contribution in [2.45, 2.75) is 50.3 Å². The number of carbonyl (C=O) groups excluding carboxylic acids is 2. The Balaban J connectivity index is 3.43. The van der Waals surface area contributed by atoms with Gasteiger partial charge in [-0.15, -0.1) is 23.2 Å². The molecule has 4 nitrogen and oxygen atoms in total. The summed E-state index contributed by atoms with van der Waals surface area (Å²) in [6, 6.07) is 0. The Bertz CT molecular complexity index is 244. The van der Waals surface area contributed by atoms with Crippen LogP contribution in [0.15, 0.2) is 0 Å². The van der Waals surface area contributed by atoms with Crippen molar-refractivity contribution in [3.63, 3.8) is 0 Å².